The van der Waals surface area contributed by atoms with E-state index in [1.54, 1.807) is 0 Å². The van der Waals surface area contributed by atoms with Crippen LogP contribution in [0.4, 0.5) is 0 Å². The van der Waals surface area contributed by atoms with Crippen LogP contribution in [0, 0.1) is 0 Å². The van der Waals surface area contributed by atoms with Crippen molar-refractivity contribution in [1.29, 1.82) is 0 Å². The minimum Gasteiger partial charge on any atom is -0.494 e. The summed E-state index contributed by atoms with van der Waals surface area (Å²) in [6, 6.07) is 11.0. The fourth-order valence-corrected chi connectivity index (χ4v) is 3.50. The SMILES string of the molecule is COc1c(Cl)cc(Cl)c(OC)c1C(=O)Pc1ccccc1. The highest BCUT2D eigenvalue weighted by Crippen LogP contribution is 2.43. The first-order valence-corrected chi connectivity index (χ1v) is 7.80. The van der Waals surface area contributed by atoms with Crippen molar-refractivity contribution in [3.05, 3.63) is 52.0 Å². The van der Waals surface area contributed by atoms with Crippen molar-refractivity contribution in [1.82, 2.24) is 0 Å². The quantitative estimate of drug-likeness (QED) is 0.765. The average molecular weight is 343 g/mol. The van der Waals surface area contributed by atoms with Crippen molar-refractivity contribution in [2.75, 3.05) is 14.2 Å². The van der Waals surface area contributed by atoms with E-state index in [1.807, 2.05) is 30.3 Å². The van der Waals surface area contributed by atoms with Gasteiger partial charge in [-0.25, -0.2) is 0 Å². The molecule has 2 aromatic rings. The lowest BCUT2D eigenvalue weighted by molar-refractivity contribution is 0.108. The largest absolute Gasteiger partial charge is 0.494 e. The smallest absolute Gasteiger partial charge is 0.193 e. The van der Waals surface area contributed by atoms with E-state index in [2.05, 4.69) is 0 Å². The molecule has 1 unspecified atom stereocenters. The van der Waals surface area contributed by atoms with Gasteiger partial charge in [-0.2, -0.15) is 0 Å². The molecule has 3 nitrogen and oxygen atoms in total. The summed E-state index contributed by atoms with van der Waals surface area (Å²) >= 11 is 12.2. The van der Waals surface area contributed by atoms with Gasteiger partial charge in [0.25, 0.3) is 0 Å². The van der Waals surface area contributed by atoms with Crippen LogP contribution in [0.1, 0.15) is 10.4 Å². The van der Waals surface area contributed by atoms with E-state index in [0.717, 1.165) is 5.30 Å². The van der Waals surface area contributed by atoms with E-state index in [4.69, 9.17) is 32.7 Å². The summed E-state index contributed by atoms with van der Waals surface area (Å²) in [7, 11) is 2.84. The minimum atomic E-state index is -0.140. The molecule has 0 aliphatic heterocycles. The van der Waals surface area contributed by atoms with Gasteiger partial charge in [0.1, 0.15) is 5.56 Å². The number of methoxy groups -OCH3 is 2. The van der Waals surface area contributed by atoms with Crippen LogP contribution in [-0.4, -0.2) is 19.7 Å². The lowest BCUT2D eigenvalue weighted by atomic mass is 10.2. The number of carbonyl (C=O) groups is 1. The zero-order valence-electron chi connectivity index (χ0n) is 11.4. The Balaban J connectivity index is 2.48. The van der Waals surface area contributed by atoms with Crippen LogP contribution in [0.25, 0.3) is 0 Å². The van der Waals surface area contributed by atoms with Gasteiger partial charge in [-0.3, -0.25) is 4.79 Å². The summed E-state index contributed by atoms with van der Waals surface area (Å²) in [5.74, 6) is 0.567. The molecule has 0 aromatic heterocycles. The van der Waals surface area contributed by atoms with Crippen molar-refractivity contribution < 1.29 is 14.3 Å². The Hall–Kier alpha value is -1.28. The number of rotatable bonds is 5. The summed E-state index contributed by atoms with van der Waals surface area (Å²) in [6.45, 7) is 0. The molecule has 0 spiro atoms. The van der Waals surface area contributed by atoms with E-state index in [9.17, 15) is 4.79 Å². The van der Waals surface area contributed by atoms with Gasteiger partial charge in [-0.1, -0.05) is 53.5 Å². The first kappa shape index (κ1) is 16.1. The molecular weight excluding hydrogens is 330 g/mol. The predicted octanol–water partition coefficient (Wildman–Crippen LogP) is 4.15. The highest BCUT2D eigenvalue weighted by Gasteiger charge is 2.24. The van der Waals surface area contributed by atoms with Crippen LogP contribution in [0.15, 0.2) is 36.4 Å². The van der Waals surface area contributed by atoms with Gasteiger partial charge >= 0.3 is 0 Å². The lowest BCUT2D eigenvalue weighted by Crippen LogP contribution is -2.06. The van der Waals surface area contributed by atoms with Crippen LogP contribution in [0.5, 0.6) is 11.5 Å². The molecule has 0 heterocycles. The Bertz CT molecular complexity index is 631. The van der Waals surface area contributed by atoms with Gasteiger partial charge in [0.05, 0.1) is 24.3 Å². The number of ether oxygens (including phenoxy) is 2. The fourth-order valence-electron chi connectivity index (χ4n) is 1.90. The second kappa shape index (κ2) is 7.13. The van der Waals surface area contributed by atoms with Crippen LogP contribution in [0.3, 0.4) is 0 Å². The highest BCUT2D eigenvalue weighted by molar-refractivity contribution is 7.66. The standard InChI is InChI=1S/C15H13Cl2O3P/c1-19-13-10(16)8-11(17)14(20-2)12(13)15(18)21-9-6-4-3-5-7-9/h3-8,21H,1-2H3. The van der Waals surface area contributed by atoms with Gasteiger partial charge in [0, 0.05) is 0 Å². The molecule has 0 N–H and O–H groups in total. The van der Waals surface area contributed by atoms with Gasteiger partial charge in [0.2, 0.25) is 0 Å². The molecule has 2 aromatic carbocycles. The van der Waals surface area contributed by atoms with Crippen LogP contribution < -0.4 is 14.8 Å². The van der Waals surface area contributed by atoms with Crippen LogP contribution in [-0.2, 0) is 0 Å². The number of carbonyl (C=O) groups excluding carboxylic acids is 1. The summed E-state index contributed by atoms with van der Waals surface area (Å²) in [4.78, 5) is 12.6. The van der Waals surface area contributed by atoms with E-state index in [0.29, 0.717) is 0 Å². The van der Waals surface area contributed by atoms with Crippen molar-refractivity contribution in [2.24, 2.45) is 0 Å². The maximum atomic E-state index is 12.6. The van der Waals surface area contributed by atoms with Crippen molar-refractivity contribution in [2.45, 2.75) is 0 Å². The molecule has 0 saturated heterocycles. The van der Waals surface area contributed by atoms with E-state index < -0.39 is 0 Å². The Morgan fingerprint density at radius 1 is 1.00 bits per heavy atom. The van der Waals surface area contributed by atoms with Crippen molar-refractivity contribution in [3.8, 4) is 11.5 Å². The Morgan fingerprint density at radius 2 is 1.52 bits per heavy atom. The summed E-state index contributed by atoms with van der Waals surface area (Å²) in [6.07, 6.45) is 0. The normalized spacial score (nSPS) is 10.9. The van der Waals surface area contributed by atoms with E-state index in [-0.39, 0.29) is 41.2 Å². The second-order valence-electron chi connectivity index (χ2n) is 4.10. The molecule has 0 bridgehead atoms. The summed E-state index contributed by atoms with van der Waals surface area (Å²) in [5, 5.41) is 1.48. The third kappa shape index (κ3) is 3.49. The number of halogens is 2. The van der Waals surface area contributed by atoms with Gasteiger partial charge in [0.15, 0.2) is 17.0 Å². The molecule has 0 amide bonds. The van der Waals surface area contributed by atoms with Crippen LogP contribution in [0.2, 0.25) is 10.0 Å². The summed E-state index contributed by atoms with van der Waals surface area (Å²) in [5.41, 5.74) is 0.138. The molecule has 110 valence electrons. The maximum absolute atomic E-state index is 12.6. The Labute approximate surface area is 134 Å². The molecular formula is C15H13Cl2O3P. The number of hydrogen-bond acceptors (Lipinski definition) is 3. The minimum absolute atomic E-state index is 0.0690. The molecule has 0 saturated carbocycles. The fraction of sp³-hybridized carbons (Fsp3) is 0.133. The van der Waals surface area contributed by atoms with Gasteiger partial charge < -0.3 is 9.47 Å². The Morgan fingerprint density at radius 3 is 2.00 bits per heavy atom. The molecule has 0 fully saturated rings. The van der Waals surface area contributed by atoms with Crippen molar-refractivity contribution >= 4 is 42.6 Å². The topological polar surface area (TPSA) is 35.5 Å². The molecule has 1 atom stereocenters. The average Bonchev–Trinajstić information content (AvgIpc) is 2.47. The summed E-state index contributed by atoms with van der Waals surface area (Å²) < 4.78 is 10.5. The monoisotopic (exact) mass is 342 g/mol. The van der Waals surface area contributed by atoms with Crippen LogP contribution >= 0.6 is 31.8 Å². The molecule has 6 heteroatoms. The van der Waals surface area contributed by atoms with E-state index >= 15 is 0 Å². The molecule has 0 radical (unpaired) electrons. The number of benzene rings is 2. The van der Waals surface area contributed by atoms with Gasteiger partial charge in [-0.05, 0) is 20.0 Å². The van der Waals surface area contributed by atoms with Gasteiger partial charge in [-0.15, -0.1) is 0 Å². The zero-order valence-corrected chi connectivity index (χ0v) is 14.0. The third-order valence-electron chi connectivity index (χ3n) is 2.81. The maximum Gasteiger partial charge on any atom is 0.193 e. The first-order valence-electron chi connectivity index (χ1n) is 6.04. The Kier molecular flexibility index (Phi) is 5.46. The highest BCUT2D eigenvalue weighted by atomic mass is 35.5. The zero-order chi connectivity index (χ0) is 15.4. The second-order valence-corrected chi connectivity index (χ2v) is 6.20. The molecule has 21 heavy (non-hydrogen) atoms. The molecule has 0 aliphatic rings. The third-order valence-corrected chi connectivity index (χ3v) is 4.47. The molecule has 2 rings (SSSR count). The first-order chi connectivity index (χ1) is 10.1. The number of hydrogen-bond donors (Lipinski definition) is 0. The predicted molar refractivity (Wildman–Crippen MR) is 88.3 cm³/mol. The lowest BCUT2D eigenvalue weighted by Gasteiger charge is -2.15. The van der Waals surface area contributed by atoms with Crippen molar-refractivity contribution in [3.63, 3.8) is 0 Å². The van der Waals surface area contributed by atoms with E-state index in [1.165, 1.54) is 20.3 Å². The molecule has 0 aliphatic carbocycles.